The van der Waals surface area contributed by atoms with Gasteiger partial charge in [-0.3, -0.25) is 4.79 Å². The van der Waals surface area contributed by atoms with Crippen molar-refractivity contribution in [2.24, 2.45) is 0 Å². The summed E-state index contributed by atoms with van der Waals surface area (Å²) in [5.74, 6) is -1.52. The third-order valence-corrected chi connectivity index (χ3v) is 3.63. The van der Waals surface area contributed by atoms with Crippen LogP contribution in [-0.4, -0.2) is 17.0 Å². The quantitative estimate of drug-likeness (QED) is 0.846. The van der Waals surface area contributed by atoms with Crippen LogP contribution in [0.1, 0.15) is 26.3 Å². The highest BCUT2D eigenvalue weighted by atomic mass is 79.9. The molecule has 108 valence electrons. The van der Waals surface area contributed by atoms with Gasteiger partial charge in [0.2, 0.25) is 0 Å². The third-order valence-electron chi connectivity index (χ3n) is 2.90. The SMILES string of the molecule is Cc1ccc(Br)cc1C(=O)Nc1cc(Cl)ccc1C(=O)O. The van der Waals surface area contributed by atoms with Crippen molar-refractivity contribution in [1.82, 2.24) is 0 Å². The zero-order valence-electron chi connectivity index (χ0n) is 11.0. The Morgan fingerprint density at radius 1 is 1.14 bits per heavy atom. The van der Waals surface area contributed by atoms with E-state index in [1.165, 1.54) is 18.2 Å². The Balaban J connectivity index is 2.38. The largest absolute Gasteiger partial charge is 0.478 e. The summed E-state index contributed by atoms with van der Waals surface area (Å²) in [4.78, 5) is 23.5. The van der Waals surface area contributed by atoms with E-state index in [0.717, 1.165) is 10.0 Å². The lowest BCUT2D eigenvalue weighted by Crippen LogP contribution is -2.16. The van der Waals surface area contributed by atoms with Crippen molar-refractivity contribution in [2.75, 3.05) is 5.32 Å². The number of benzene rings is 2. The van der Waals surface area contributed by atoms with Crippen LogP contribution >= 0.6 is 27.5 Å². The van der Waals surface area contributed by atoms with Gasteiger partial charge in [-0.05, 0) is 42.8 Å². The number of carbonyl (C=O) groups is 2. The minimum absolute atomic E-state index is 0.0135. The van der Waals surface area contributed by atoms with Crippen LogP contribution in [0.5, 0.6) is 0 Å². The van der Waals surface area contributed by atoms with Gasteiger partial charge in [0.15, 0.2) is 0 Å². The van der Waals surface area contributed by atoms with Crippen LogP contribution in [0.15, 0.2) is 40.9 Å². The van der Waals surface area contributed by atoms with E-state index in [1.807, 2.05) is 6.07 Å². The van der Waals surface area contributed by atoms with Crippen LogP contribution in [0.3, 0.4) is 0 Å². The molecule has 0 saturated carbocycles. The monoisotopic (exact) mass is 367 g/mol. The van der Waals surface area contributed by atoms with E-state index < -0.39 is 11.9 Å². The van der Waals surface area contributed by atoms with Gasteiger partial charge in [0.25, 0.3) is 5.91 Å². The average molecular weight is 369 g/mol. The lowest BCUT2D eigenvalue weighted by Gasteiger charge is -2.11. The minimum Gasteiger partial charge on any atom is -0.478 e. The van der Waals surface area contributed by atoms with Crippen LogP contribution in [0, 0.1) is 6.92 Å². The Labute approximate surface area is 134 Å². The fourth-order valence-electron chi connectivity index (χ4n) is 1.83. The van der Waals surface area contributed by atoms with E-state index >= 15 is 0 Å². The molecule has 0 aromatic heterocycles. The van der Waals surface area contributed by atoms with E-state index in [-0.39, 0.29) is 11.3 Å². The summed E-state index contributed by atoms with van der Waals surface area (Å²) in [7, 11) is 0. The molecular formula is C15H11BrClNO3. The first-order chi connectivity index (χ1) is 9.88. The molecule has 0 heterocycles. The first-order valence-electron chi connectivity index (χ1n) is 5.99. The molecule has 0 aliphatic heterocycles. The van der Waals surface area contributed by atoms with Gasteiger partial charge in [0.1, 0.15) is 0 Å². The summed E-state index contributed by atoms with van der Waals surface area (Å²) in [5.41, 5.74) is 1.40. The van der Waals surface area contributed by atoms with E-state index in [0.29, 0.717) is 10.6 Å². The molecule has 0 aliphatic rings. The summed E-state index contributed by atoms with van der Waals surface area (Å²) in [6.07, 6.45) is 0. The molecule has 2 aromatic carbocycles. The summed E-state index contributed by atoms with van der Waals surface area (Å²) >= 11 is 9.16. The molecule has 0 aliphatic carbocycles. The first kappa shape index (κ1) is 15.5. The summed E-state index contributed by atoms with van der Waals surface area (Å²) in [6, 6.07) is 9.54. The Morgan fingerprint density at radius 3 is 2.52 bits per heavy atom. The Kier molecular flexibility index (Phi) is 4.65. The molecule has 4 nitrogen and oxygen atoms in total. The van der Waals surface area contributed by atoms with E-state index in [1.54, 1.807) is 19.1 Å². The number of carboxylic acids is 1. The standard InChI is InChI=1S/C15H11BrClNO3/c1-8-2-3-9(16)6-12(8)14(19)18-13-7-10(17)4-5-11(13)15(20)21/h2-7H,1H3,(H,18,19)(H,20,21). The van der Waals surface area contributed by atoms with Crippen LogP contribution in [-0.2, 0) is 0 Å². The molecule has 6 heteroatoms. The number of amides is 1. The number of carboxylic acid groups (broad SMARTS) is 1. The summed E-state index contributed by atoms with van der Waals surface area (Å²) in [6.45, 7) is 1.80. The molecule has 2 rings (SSSR count). The number of nitrogens with one attached hydrogen (secondary N) is 1. The van der Waals surface area contributed by atoms with Crippen molar-refractivity contribution in [1.29, 1.82) is 0 Å². The molecule has 0 spiro atoms. The predicted molar refractivity (Wildman–Crippen MR) is 85.2 cm³/mol. The topological polar surface area (TPSA) is 66.4 Å². The maximum atomic E-state index is 12.3. The second kappa shape index (κ2) is 6.28. The molecule has 0 saturated heterocycles. The number of halogens is 2. The number of carbonyl (C=O) groups excluding carboxylic acids is 1. The van der Waals surface area contributed by atoms with E-state index in [9.17, 15) is 9.59 Å². The van der Waals surface area contributed by atoms with Crippen molar-refractivity contribution < 1.29 is 14.7 Å². The van der Waals surface area contributed by atoms with Gasteiger partial charge < -0.3 is 10.4 Å². The number of anilines is 1. The van der Waals surface area contributed by atoms with E-state index in [2.05, 4.69) is 21.2 Å². The molecule has 2 N–H and O–H groups in total. The normalized spacial score (nSPS) is 10.2. The van der Waals surface area contributed by atoms with Crippen LogP contribution in [0.2, 0.25) is 5.02 Å². The highest BCUT2D eigenvalue weighted by Gasteiger charge is 2.15. The maximum Gasteiger partial charge on any atom is 0.337 e. The van der Waals surface area contributed by atoms with Gasteiger partial charge >= 0.3 is 5.97 Å². The van der Waals surface area contributed by atoms with Gasteiger partial charge in [0.05, 0.1) is 11.3 Å². The Morgan fingerprint density at radius 2 is 1.86 bits per heavy atom. The minimum atomic E-state index is -1.13. The van der Waals surface area contributed by atoms with Crippen molar-refractivity contribution in [2.45, 2.75) is 6.92 Å². The molecule has 21 heavy (non-hydrogen) atoms. The number of aryl methyl sites for hydroxylation is 1. The van der Waals surface area contributed by atoms with Crippen molar-refractivity contribution in [3.8, 4) is 0 Å². The fourth-order valence-corrected chi connectivity index (χ4v) is 2.37. The van der Waals surface area contributed by atoms with E-state index in [4.69, 9.17) is 16.7 Å². The fraction of sp³-hybridized carbons (Fsp3) is 0.0667. The van der Waals surface area contributed by atoms with Crippen molar-refractivity contribution >= 4 is 45.1 Å². The summed E-state index contributed by atoms with van der Waals surface area (Å²) in [5, 5.41) is 12.1. The molecule has 0 bridgehead atoms. The van der Waals surface area contributed by atoms with Gasteiger partial charge in [0, 0.05) is 15.1 Å². The maximum absolute atomic E-state index is 12.3. The van der Waals surface area contributed by atoms with Crippen LogP contribution in [0.4, 0.5) is 5.69 Å². The van der Waals surface area contributed by atoms with Gasteiger partial charge in [-0.1, -0.05) is 33.6 Å². The number of rotatable bonds is 3. The second-order valence-corrected chi connectivity index (χ2v) is 5.76. The van der Waals surface area contributed by atoms with Gasteiger partial charge in [-0.2, -0.15) is 0 Å². The van der Waals surface area contributed by atoms with Crippen molar-refractivity contribution in [3.05, 3.63) is 62.6 Å². The Hall–Kier alpha value is -1.85. The molecule has 0 radical (unpaired) electrons. The molecule has 2 aromatic rings. The Bertz CT molecular complexity index is 731. The second-order valence-electron chi connectivity index (χ2n) is 4.41. The first-order valence-corrected chi connectivity index (χ1v) is 7.16. The zero-order chi connectivity index (χ0) is 15.6. The molecule has 0 atom stereocenters. The lowest BCUT2D eigenvalue weighted by atomic mass is 10.1. The molecular weight excluding hydrogens is 358 g/mol. The molecule has 0 unspecified atom stereocenters. The van der Waals surface area contributed by atoms with Gasteiger partial charge in [-0.15, -0.1) is 0 Å². The predicted octanol–water partition coefficient (Wildman–Crippen LogP) is 4.36. The van der Waals surface area contributed by atoms with Crippen molar-refractivity contribution in [3.63, 3.8) is 0 Å². The summed E-state index contributed by atoms with van der Waals surface area (Å²) < 4.78 is 0.766. The van der Waals surface area contributed by atoms with Gasteiger partial charge in [-0.25, -0.2) is 4.79 Å². The highest BCUT2D eigenvalue weighted by Crippen LogP contribution is 2.23. The number of aromatic carboxylic acids is 1. The number of hydrogen-bond donors (Lipinski definition) is 2. The molecule has 0 fully saturated rings. The molecule has 1 amide bonds. The van der Waals surface area contributed by atoms with Crippen LogP contribution in [0.25, 0.3) is 0 Å². The average Bonchev–Trinajstić information content (AvgIpc) is 2.41. The van der Waals surface area contributed by atoms with Crippen LogP contribution < -0.4 is 5.32 Å². The smallest absolute Gasteiger partial charge is 0.337 e. The lowest BCUT2D eigenvalue weighted by molar-refractivity contribution is 0.0698. The third kappa shape index (κ3) is 3.62. The highest BCUT2D eigenvalue weighted by molar-refractivity contribution is 9.10. The zero-order valence-corrected chi connectivity index (χ0v) is 13.3. The number of hydrogen-bond acceptors (Lipinski definition) is 2.